The van der Waals surface area contributed by atoms with E-state index in [1.54, 1.807) is 0 Å². The van der Waals surface area contributed by atoms with Gasteiger partial charge < -0.3 is 5.11 Å². The van der Waals surface area contributed by atoms with Crippen molar-refractivity contribution < 1.29 is 9.90 Å². The van der Waals surface area contributed by atoms with E-state index < -0.39 is 5.97 Å². The van der Waals surface area contributed by atoms with Gasteiger partial charge in [0.2, 0.25) is 0 Å². The molecule has 3 heteroatoms. The van der Waals surface area contributed by atoms with E-state index in [0.29, 0.717) is 0 Å². The van der Waals surface area contributed by atoms with Crippen LogP contribution in [-0.2, 0) is 4.79 Å². The molecule has 0 spiro atoms. The third-order valence-electron chi connectivity index (χ3n) is 2.18. The van der Waals surface area contributed by atoms with Crippen LogP contribution in [0.4, 0.5) is 0 Å². The van der Waals surface area contributed by atoms with Gasteiger partial charge in [-0.25, -0.2) is 0 Å². The SMILES string of the molecule is CC/C=C(/C)C(C)(C)NCC(=O)O. The molecule has 3 nitrogen and oxygen atoms in total. The zero-order valence-electron chi connectivity index (χ0n) is 8.85. The summed E-state index contributed by atoms with van der Waals surface area (Å²) in [6.07, 6.45) is 3.08. The second kappa shape index (κ2) is 5.02. The van der Waals surface area contributed by atoms with Crippen LogP contribution in [0.1, 0.15) is 34.1 Å². The van der Waals surface area contributed by atoms with Crippen LogP contribution in [0.2, 0.25) is 0 Å². The second-order valence-corrected chi connectivity index (χ2v) is 3.67. The molecule has 0 aliphatic rings. The average molecular weight is 185 g/mol. The lowest BCUT2D eigenvalue weighted by Crippen LogP contribution is -2.43. The second-order valence-electron chi connectivity index (χ2n) is 3.67. The third-order valence-corrected chi connectivity index (χ3v) is 2.18. The number of allylic oxidation sites excluding steroid dienone is 1. The van der Waals surface area contributed by atoms with Gasteiger partial charge in [0.05, 0.1) is 6.54 Å². The van der Waals surface area contributed by atoms with Gasteiger partial charge in [0.1, 0.15) is 0 Å². The summed E-state index contributed by atoms with van der Waals surface area (Å²) >= 11 is 0. The fourth-order valence-corrected chi connectivity index (χ4v) is 0.997. The highest BCUT2D eigenvalue weighted by atomic mass is 16.4. The molecule has 0 unspecified atom stereocenters. The molecule has 0 saturated carbocycles. The predicted molar refractivity (Wildman–Crippen MR) is 53.8 cm³/mol. The lowest BCUT2D eigenvalue weighted by molar-refractivity contribution is -0.136. The average Bonchev–Trinajstić information content (AvgIpc) is 2.01. The molecular weight excluding hydrogens is 166 g/mol. The highest BCUT2D eigenvalue weighted by Crippen LogP contribution is 2.15. The van der Waals surface area contributed by atoms with Crippen molar-refractivity contribution in [2.45, 2.75) is 39.7 Å². The molecule has 0 aromatic heterocycles. The van der Waals surface area contributed by atoms with Crippen LogP contribution in [0.5, 0.6) is 0 Å². The quantitative estimate of drug-likeness (QED) is 0.642. The minimum absolute atomic E-state index is 0.00188. The molecular formula is C10H19NO2. The number of aliphatic carboxylic acids is 1. The summed E-state index contributed by atoms with van der Waals surface area (Å²) in [4.78, 5) is 10.3. The molecule has 0 amide bonds. The number of nitrogens with one attached hydrogen (secondary N) is 1. The summed E-state index contributed by atoms with van der Waals surface area (Å²) in [6, 6.07) is 0. The Morgan fingerprint density at radius 1 is 1.54 bits per heavy atom. The van der Waals surface area contributed by atoms with Crippen molar-refractivity contribution in [3.05, 3.63) is 11.6 Å². The Morgan fingerprint density at radius 2 is 2.08 bits per heavy atom. The van der Waals surface area contributed by atoms with E-state index in [9.17, 15) is 4.79 Å². The Hall–Kier alpha value is -0.830. The van der Waals surface area contributed by atoms with Crippen molar-refractivity contribution in [2.75, 3.05) is 6.54 Å². The number of hydrogen-bond donors (Lipinski definition) is 2. The molecule has 0 atom stereocenters. The number of carboxylic acid groups (broad SMARTS) is 1. The summed E-state index contributed by atoms with van der Waals surface area (Å²) in [7, 11) is 0. The van der Waals surface area contributed by atoms with Crippen molar-refractivity contribution in [3.8, 4) is 0 Å². The molecule has 0 saturated heterocycles. The first-order valence-electron chi connectivity index (χ1n) is 4.54. The first-order chi connectivity index (χ1) is 5.90. The maximum atomic E-state index is 10.3. The monoisotopic (exact) mass is 185 g/mol. The van der Waals surface area contributed by atoms with Crippen LogP contribution in [0.3, 0.4) is 0 Å². The zero-order valence-corrected chi connectivity index (χ0v) is 8.85. The van der Waals surface area contributed by atoms with Gasteiger partial charge in [0.15, 0.2) is 0 Å². The van der Waals surface area contributed by atoms with Crippen LogP contribution in [-0.4, -0.2) is 23.2 Å². The van der Waals surface area contributed by atoms with Gasteiger partial charge in [-0.3, -0.25) is 10.1 Å². The smallest absolute Gasteiger partial charge is 0.317 e. The fourth-order valence-electron chi connectivity index (χ4n) is 0.997. The summed E-state index contributed by atoms with van der Waals surface area (Å²) in [5, 5.41) is 11.5. The highest BCUT2D eigenvalue weighted by Gasteiger charge is 2.19. The van der Waals surface area contributed by atoms with E-state index in [4.69, 9.17) is 5.11 Å². The normalized spacial score (nSPS) is 13.1. The van der Waals surface area contributed by atoms with E-state index >= 15 is 0 Å². The molecule has 2 N–H and O–H groups in total. The van der Waals surface area contributed by atoms with E-state index in [0.717, 1.165) is 6.42 Å². The molecule has 0 aromatic carbocycles. The van der Waals surface area contributed by atoms with E-state index in [-0.39, 0.29) is 12.1 Å². The van der Waals surface area contributed by atoms with E-state index in [1.807, 2.05) is 20.8 Å². The lowest BCUT2D eigenvalue weighted by atomic mass is 9.94. The van der Waals surface area contributed by atoms with Crippen molar-refractivity contribution in [1.82, 2.24) is 5.32 Å². The third kappa shape index (κ3) is 4.68. The van der Waals surface area contributed by atoms with Crippen molar-refractivity contribution in [2.24, 2.45) is 0 Å². The van der Waals surface area contributed by atoms with Gasteiger partial charge in [0, 0.05) is 5.54 Å². The molecule has 0 aliphatic carbocycles. The molecule has 0 fully saturated rings. The predicted octanol–water partition coefficient (Wildman–Crippen LogP) is 1.80. The summed E-state index contributed by atoms with van der Waals surface area (Å²) in [6.45, 7) is 8.05. The molecule has 76 valence electrons. The van der Waals surface area contributed by atoms with Gasteiger partial charge in [-0.1, -0.05) is 18.6 Å². The summed E-state index contributed by atoms with van der Waals surface area (Å²) < 4.78 is 0. The molecule has 0 radical (unpaired) electrons. The number of carboxylic acids is 1. The first-order valence-corrected chi connectivity index (χ1v) is 4.54. The van der Waals surface area contributed by atoms with Gasteiger partial charge in [-0.05, 0) is 27.2 Å². The Labute approximate surface area is 79.8 Å². The maximum absolute atomic E-state index is 10.3. The molecule has 0 aromatic rings. The van der Waals surface area contributed by atoms with Crippen LogP contribution in [0.15, 0.2) is 11.6 Å². The van der Waals surface area contributed by atoms with Crippen LogP contribution < -0.4 is 5.32 Å². The molecule has 0 aliphatic heterocycles. The molecule has 13 heavy (non-hydrogen) atoms. The molecule has 0 bridgehead atoms. The fraction of sp³-hybridized carbons (Fsp3) is 0.700. The topological polar surface area (TPSA) is 49.3 Å². The Morgan fingerprint density at radius 3 is 2.46 bits per heavy atom. The van der Waals surface area contributed by atoms with Crippen molar-refractivity contribution in [3.63, 3.8) is 0 Å². The first kappa shape index (κ1) is 12.2. The van der Waals surface area contributed by atoms with Crippen LogP contribution in [0, 0.1) is 0 Å². The zero-order chi connectivity index (χ0) is 10.5. The highest BCUT2D eigenvalue weighted by molar-refractivity contribution is 5.69. The largest absolute Gasteiger partial charge is 0.480 e. The summed E-state index contributed by atoms with van der Waals surface area (Å²) in [5.74, 6) is -0.822. The molecule has 0 heterocycles. The van der Waals surface area contributed by atoms with Crippen molar-refractivity contribution in [1.29, 1.82) is 0 Å². The van der Waals surface area contributed by atoms with E-state index in [1.165, 1.54) is 5.57 Å². The number of carbonyl (C=O) groups is 1. The van der Waals surface area contributed by atoms with Gasteiger partial charge >= 0.3 is 5.97 Å². The number of hydrogen-bond acceptors (Lipinski definition) is 2. The van der Waals surface area contributed by atoms with Gasteiger partial charge in [0.25, 0.3) is 0 Å². The van der Waals surface area contributed by atoms with E-state index in [2.05, 4.69) is 18.3 Å². The standard InChI is InChI=1S/C10H19NO2/c1-5-6-8(2)10(3,4)11-7-9(12)13/h6,11H,5,7H2,1-4H3,(H,12,13)/b8-6-. The Bertz CT molecular complexity index is 207. The summed E-state index contributed by atoms with van der Waals surface area (Å²) in [5.41, 5.74) is 0.949. The maximum Gasteiger partial charge on any atom is 0.317 e. The van der Waals surface area contributed by atoms with Crippen LogP contribution in [0.25, 0.3) is 0 Å². The van der Waals surface area contributed by atoms with Crippen LogP contribution >= 0.6 is 0 Å². The minimum atomic E-state index is -0.822. The Balaban J connectivity index is 4.21. The molecule has 0 rings (SSSR count). The van der Waals surface area contributed by atoms with Gasteiger partial charge in [-0.2, -0.15) is 0 Å². The Kier molecular flexibility index (Phi) is 4.70. The number of rotatable bonds is 5. The minimum Gasteiger partial charge on any atom is -0.480 e. The van der Waals surface area contributed by atoms with Crippen molar-refractivity contribution >= 4 is 5.97 Å². The lowest BCUT2D eigenvalue weighted by Gasteiger charge is -2.26. The van der Waals surface area contributed by atoms with Gasteiger partial charge in [-0.15, -0.1) is 0 Å².